The van der Waals surface area contributed by atoms with Crippen molar-refractivity contribution >= 4 is 11.9 Å². The number of rotatable bonds is 7. The molecule has 2 heterocycles. The largest absolute Gasteiger partial charge is 0.459 e. The molecule has 1 N–H and O–H groups in total. The van der Waals surface area contributed by atoms with E-state index in [4.69, 9.17) is 9.15 Å². The maximum absolute atomic E-state index is 12.4. The van der Waals surface area contributed by atoms with Crippen molar-refractivity contribution in [2.75, 3.05) is 46.4 Å². The van der Waals surface area contributed by atoms with Crippen LogP contribution in [-0.4, -0.2) is 68.0 Å². The van der Waals surface area contributed by atoms with Crippen LogP contribution in [0.2, 0.25) is 0 Å². The molecule has 1 atom stereocenters. The van der Waals surface area contributed by atoms with Gasteiger partial charge in [0.1, 0.15) is 0 Å². The summed E-state index contributed by atoms with van der Waals surface area (Å²) in [6.07, 6.45) is 2.52. The number of nitrogens with one attached hydrogen (secondary N) is 1. The highest BCUT2D eigenvalue weighted by Crippen LogP contribution is 2.15. The molecular weight excluding hydrogens is 368 g/mol. The maximum atomic E-state index is 12.4. The lowest BCUT2D eigenvalue weighted by Gasteiger charge is -2.36. The molecular formula is C22H30N4O3. The number of hydrogen-bond donors (Lipinski definition) is 1. The Labute approximate surface area is 172 Å². The fourth-order valence-electron chi connectivity index (χ4n) is 3.36. The Hall–Kier alpha value is -2.80. The Balaban J connectivity index is 1.35. The minimum Gasteiger partial charge on any atom is -0.459 e. The van der Waals surface area contributed by atoms with Gasteiger partial charge in [-0.3, -0.25) is 9.79 Å². The van der Waals surface area contributed by atoms with Crippen molar-refractivity contribution in [3.05, 3.63) is 60.1 Å². The summed E-state index contributed by atoms with van der Waals surface area (Å²) in [4.78, 5) is 20.7. The number of benzene rings is 1. The zero-order chi connectivity index (χ0) is 20.5. The van der Waals surface area contributed by atoms with E-state index in [0.717, 1.165) is 32.0 Å². The summed E-state index contributed by atoms with van der Waals surface area (Å²) in [6, 6.07) is 13.7. The first-order valence-electron chi connectivity index (χ1n) is 10.1. The fourth-order valence-corrected chi connectivity index (χ4v) is 3.36. The van der Waals surface area contributed by atoms with Gasteiger partial charge < -0.3 is 24.3 Å². The third-order valence-electron chi connectivity index (χ3n) is 5.05. The van der Waals surface area contributed by atoms with Crippen molar-refractivity contribution in [3.63, 3.8) is 0 Å². The van der Waals surface area contributed by atoms with E-state index >= 15 is 0 Å². The Morgan fingerprint density at radius 2 is 1.86 bits per heavy atom. The Morgan fingerprint density at radius 1 is 1.14 bits per heavy atom. The van der Waals surface area contributed by atoms with E-state index in [1.54, 1.807) is 19.2 Å². The number of furan rings is 1. The van der Waals surface area contributed by atoms with E-state index in [9.17, 15) is 4.79 Å². The zero-order valence-corrected chi connectivity index (χ0v) is 17.2. The second-order valence-corrected chi connectivity index (χ2v) is 7.01. The van der Waals surface area contributed by atoms with Crippen LogP contribution in [0.5, 0.6) is 0 Å². The van der Waals surface area contributed by atoms with E-state index in [2.05, 4.69) is 34.3 Å². The molecule has 1 saturated heterocycles. The van der Waals surface area contributed by atoms with Crippen molar-refractivity contribution in [1.29, 1.82) is 0 Å². The first-order valence-corrected chi connectivity index (χ1v) is 10.1. The standard InChI is InChI=1S/C22H30N4O3/c1-18(19-8-4-3-5-9-19)28-17-7-11-24-22(23-2)26-14-12-25(13-15-26)21(27)20-10-6-16-29-20/h3-6,8-10,16,18H,7,11-15,17H2,1-2H3,(H,23,24). The molecule has 1 amide bonds. The summed E-state index contributed by atoms with van der Waals surface area (Å²) < 4.78 is 11.1. The number of guanidine groups is 1. The molecule has 156 valence electrons. The number of aliphatic imine (C=N–C) groups is 1. The fraction of sp³-hybridized carbons (Fsp3) is 0.455. The minimum atomic E-state index is -0.0534. The van der Waals surface area contributed by atoms with Crippen molar-refractivity contribution in [2.45, 2.75) is 19.4 Å². The monoisotopic (exact) mass is 398 g/mol. The highest BCUT2D eigenvalue weighted by molar-refractivity contribution is 5.91. The Bertz CT molecular complexity index is 769. The van der Waals surface area contributed by atoms with Crippen LogP contribution in [0, 0.1) is 0 Å². The van der Waals surface area contributed by atoms with E-state index in [1.165, 1.54) is 11.8 Å². The number of carbonyl (C=O) groups excluding carboxylic acids is 1. The second-order valence-electron chi connectivity index (χ2n) is 7.01. The summed E-state index contributed by atoms with van der Waals surface area (Å²) >= 11 is 0. The van der Waals surface area contributed by atoms with Gasteiger partial charge in [0, 0.05) is 46.4 Å². The molecule has 0 aliphatic carbocycles. The quantitative estimate of drug-likeness (QED) is 0.441. The summed E-state index contributed by atoms with van der Waals surface area (Å²) in [6.45, 7) is 6.34. The molecule has 0 spiro atoms. The topological polar surface area (TPSA) is 70.3 Å². The summed E-state index contributed by atoms with van der Waals surface area (Å²) in [5, 5.41) is 3.40. The van der Waals surface area contributed by atoms with Gasteiger partial charge in [-0.1, -0.05) is 30.3 Å². The molecule has 1 aromatic heterocycles. The molecule has 1 fully saturated rings. The average Bonchev–Trinajstić information content (AvgIpc) is 3.31. The number of piperazine rings is 1. The predicted molar refractivity (Wildman–Crippen MR) is 113 cm³/mol. The van der Waals surface area contributed by atoms with Crippen LogP contribution in [0.25, 0.3) is 0 Å². The van der Waals surface area contributed by atoms with Crippen molar-refractivity contribution in [1.82, 2.24) is 15.1 Å². The first kappa shape index (κ1) is 20.9. The van der Waals surface area contributed by atoms with Crippen LogP contribution < -0.4 is 5.32 Å². The van der Waals surface area contributed by atoms with Gasteiger partial charge in [0.25, 0.3) is 5.91 Å². The Kier molecular flexibility index (Phi) is 7.69. The van der Waals surface area contributed by atoms with Crippen LogP contribution in [0.3, 0.4) is 0 Å². The third-order valence-corrected chi connectivity index (χ3v) is 5.05. The average molecular weight is 399 g/mol. The highest BCUT2D eigenvalue weighted by Gasteiger charge is 2.25. The van der Waals surface area contributed by atoms with E-state index in [0.29, 0.717) is 25.5 Å². The van der Waals surface area contributed by atoms with Crippen molar-refractivity contribution in [3.8, 4) is 0 Å². The van der Waals surface area contributed by atoms with Gasteiger partial charge in [0.05, 0.1) is 12.4 Å². The molecule has 1 aromatic carbocycles. The summed E-state index contributed by atoms with van der Waals surface area (Å²) in [5.74, 6) is 1.21. The van der Waals surface area contributed by atoms with Gasteiger partial charge >= 0.3 is 0 Å². The van der Waals surface area contributed by atoms with Crippen LogP contribution in [-0.2, 0) is 4.74 Å². The molecule has 7 nitrogen and oxygen atoms in total. The van der Waals surface area contributed by atoms with E-state index < -0.39 is 0 Å². The second kappa shape index (κ2) is 10.7. The highest BCUT2D eigenvalue weighted by atomic mass is 16.5. The number of nitrogens with zero attached hydrogens (tertiary/aromatic N) is 3. The lowest BCUT2D eigenvalue weighted by molar-refractivity contribution is 0.0636. The summed E-state index contributed by atoms with van der Waals surface area (Å²) in [5.41, 5.74) is 1.19. The lowest BCUT2D eigenvalue weighted by atomic mass is 10.1. The molecule has 3 rings (SSSR count). The van der Waals surface area contributed by atoms with Crippen molar-refractivity contribution < 1.29 is 13.9 Å². The zero-order valence-electron chi connectivity index (χ0n) is 17.2. The number of ether oxygens (including phenoxy) is 1. The molecule has 7 heteroatoms. The van der Waals surface area contributed by atoms with Gasteiger partial charge in [-0.2, -0.15) is 0 Å². The van der Waals surface area contributed by atoms with Crippen LogP contribution in [0.4, 0.5) is 0 Å². The third kappa shape index (κ3) is 5.84. The van der Waals surface area contributed by atoms with Crippen LogP contribution in [0.15, 0.2) is 58.1 Å². The van der Waals surface area contributed by atoms with Crippen LogP contribution >= 0.6 is 0 Å². The Morgan fingerprint density at radius 3 is 2.52 bits per heavy atom. The molecule has 1 unspecified atom stereocenters. The molecule has 0 radical (unpaired) electrons. The molecule has 0 bridgehead atoms. The van der Waals surface area contributed by atoms with E-state index in [1.807, 2.05) is 23.1 Å². The van der Waals surface area contributed by atoms with Gasteiger partial charge in [0.15, 0.2) is 11.7 Å². The number of amides is 1. The SMILES string of the molecule is CN=C(NCCCOC(C)c1ccccc1)N1CCN(C(=O)c2ccco2)CC1. The van der Waals surface area contributed by atoms with Gasteiger partial charge in [-0.15, -0.1) is 0 Å². The number of hydrogen-bond acceptors (Lipinski definition) is 4. The smallest absolute Gasteiger partial charge is 0.289 e. The van der Waals surface area contributed by atoms with E-state index in [-0.39, 0.29) is 12.0 Å². The molecule has 1 aliphatic heterocycles. The lowest BCUT2D eigenvalue weighted by Crippen LogP contribution is -2.53. The minimum absolute atomic E-state index is 0.0534. The van der Waals surface area contributed by atoms with Gasteiger partial charge in [-0.25, -0.2) is 0 Å². The van der Waals surface area contributed by atoms with Crippen LogP contribution in [0.1, 0.15) is 35.6 Å². The molecule has 0 saturated carbocycles. The maximum Gasteiger partial charge on any atom is 0.289 e. The predicted octanol–water partition coefficient (Wildman–Crippen LogP) is 2.78. The number of carbonyl (C=O) groups is 1. The molecule has 2 aromatic rings. The normalized spacial score (nSPS) is 16.0. The van der Waals surface area contributed by atoms with Crippen molar-refractivity contribution in [2.24, 2.45) is 4.99 Å². The summed E-state index contributed by atoms with van der Waals surface area (Å²) in [7, 11) is 1.79. The first-order chi connectivity index (χ1) is 14.2. The van der Waals surface area contributed by atoms with Gasteiger partial charge in [-0.05, 0) is 31.0 Å². The molecule has 29 heavy (non-hydrogen) atoms. The van der Waals surface area contributed by atoms with Gasteiger partial charge in [0.2, 0.25) is 0 Å². The molecule has 1 aliphatic rings.